The van der Waals surface area contributed by atoms with Gasteiger partial charge in [-0.2, -0.15) is 0 Å². The lowest BCUT2D eigenvalue weighted by Gasteiger charge is -2.45. The Morgan fingerprint density at radius 1 is 1.40 bits per heavy atom. The van der Waals surface area contributed by atoms with Gasteiger partial charge in [0.1, 0.15) is 5.82 Å². The third-order valence-corrected chi connectivity index (χ3v) is 4.24. The predicted molar refractivity (Wildman–Crippen MR) is 82.3 cm³/mol. The maximum Gasteiger partial charge on any atom is 0.123 e. The molecule has 0 bridgehead atoms. The fraction of sp³-hybridized carbons (Fsp3) is 0.647. The first-order chi connectivity index (χ1) is 9.41. The second-order valence-electron chi connectivity index (χ2n) is 6.68. The first-order valence-corrected chi connectivity index (χ1v) is 7.65. The van der Waals surface area contributed by atoms with E-state index in [1.807, 2.05) is 6.07 Å². The van der Waals surface area contributed by atoms with Crippen LogP contribution in [0, 0.1) is 12.7 Å². The smallest absolute Gasteiger partial charge is 0.123 e. The van der Waals surface area contributed by atoms with Crippen LogP contribution >= 0.6 is 0 Å². The van der Waals surface area contributed by atoms with Crippen LogP contribution in [0.25, 0.3) is 0 Å². The van der Waals surface area contributed by atoms with Gasteiger partial charge < -0.3 is 5.32 Å². The highest BCUT2D eigenvalue weighted by atomic mass is 19.1. The van der Waals surface area contributed by atoms with Gasteiger partial charge in [-0.25, -0.2) is 4.39 Å². The van der Waals surface area contributed by atoms with E-state index in [2.05, 4.69) is 37.9 Å². The molecule has 3 heteroatoms. The third kappa shape index (κ3) is 3.80. The van der Waals surface area contributed by atoms with Crippen molar-refractivity contribution >= 4 is 0 Å². The van der Waals surface area contributed by atoms with E-state index < -0.39 is 0 Å². The quantitative estimate of drug-likeness (QED) is 0.907. The van der Waals surface area contributed by atoms with Gasteiger partial charge in [0.15, 0.2) is 0 Å². The van der Waals surface area contributed by atoms with Crippen LogP contribution in [-0.4, -0.2) is 29.6 Å². The molecule has 0 radical (unpaired) electrons. The van der Waals surface area contributed by atoms with E-state index in [1.54, 1.807) is 12.1 Å². The number of halogens is 1. The Hall–Kier alpha value is -0.930. The van der Waals surface area contributed by atoms with E-state index in [9.17, 15) is 4.39 Å². The fourth-order valence-corrected chi connectivity index (χ4v) is 3.05. The van der Waals surface area contributed by atoms with Gasteiger partial charge >= 0.3 is 0 Å². The lowest BCUT2D eigenvalue weighted by Crippen LogP contribution is -2.61. The van der Waals surface area contributed by atoms with Crippen LogP contribution in [0.4, 0.5) is 4.39 Å². The molecule has 112 valence electrons. The summed E-state index contributed by atoms with van der Waals surface area (Å²) in [6, 6.07) is 5.67. The number of aryl methyl sites for hydroxylation is 1. The number of nitrogens with one attached hydrogen (secondary N) is 1. The van der Waals surface area contributed by atoms with E-state index in [1.165, 1.54) is 18.4 Å². The number of hydrogen-bond acceptors (Lipinski definition) is 2. The molecule has 1 aliphatic rings. The number of benzene rings is 1. The van der Waals surface area contributed by atoms with Crippen LogP contribution in [0.5, 0.6) is 0 Å². The van der Waals surface area contributed by atoms with Crippen LogP contribution < -0.4 is 5.32 Å². The molecular formula is C17H27FN2. The minimum atomic E-state index is -0.132. The number of hydrogen-bond donors (Lipinski definition) is 1. The van der Waals surface area contributed by atoms with Crippen molar-refractivity contribution in [2.45, 2.75) is 58.7 Å². The summed E-state index contributed by atoms with van der Waals surface area (Å²) >= 11 is 0. The van der Waals surface area contributed by atoms with Gasteiger partial charge in [0.25, 0.3) is 0 Å². The molecule has 1 atom stereocenters. The van der Waals surface area contributed by atoms with Crippen LogP contribution in [0.2, 0.25) is 0 Å². The monoisotopic (exact) mass is 278 g/mol. The molecule has 1 aliphatic heterocycles. The van der Waals surface area contributed by atoms with Crippen molar-refractivity contribution in [3.05, 3.63) is 35.1 Å². The number of rotatable bonds is 4. The molecule has 2 rings (SSSR count). The van der Waals surface area contributed by atoms with E-state index in [0.717, 1.165) is 25.2 Å². The first-order valence-electron chi connectivity index (χ1n) is 7.65. The molecular weight excluding hydrogens is 251 g/mol. The molecule has 1 N–H and O–H groups in total. The molecule has 0 saturated carbocycles. The highest BCUT2D eigenvalue weighted by Crippen LogP contribution is 2.22. The highest BCUT2D eigenvalue weighted by molar-refractivity contribution is 5.26. The summed E-state index contributed by atoms with van der Waals surface area (Å²) < 4.78 is 13.5. The van der Waals surface area contributed by atoms with E-state index in [-0.39, 0.29) is 11.4 Å². The summed E-state index contributed by atoms with van der Waals surface area (Å²) in [7, 11) is 0. The Balaban J connectivity index is 2.16. The van der Waals surface area contributed by atoms with Gasteiger partial charge in [0, 0.05) is 31.2 Å². The average Bonchev–Trinajstić information content (AvgIpc) is 2.37. The summed E-state index contributed by atoms with van der Waals surface area (Å²) in [5.41, 5.74) is 2.42. The predicted octanol–water partition coefficient (Wildman–Crippen LogP) is 3.49. The SMILES string of the molecule is CCCC1CNC(C)(C)CN1Cc1cc(F)ccc1C. The molecule has 0 aliphatic carbocycles. The van der Waals surface area contributed by atoms with Crippen molar-refractivity contribution in [2.24, 2.45) is 0 Å². The van der Waals surface area contributed by atoms with Crippen molar-refractivity contribution in [1.82, 2.24) is 10.2 Å². The highest BCUT2D eigenvalue weighted by Gasteiger charge is 2.32. The summed E-state index contributed by atoms with van der Waals surface area (Å²) in [5, 5.41) is 3.62. The Kier molecular flexibility index (Phi) is 4.82. The molecule has 0 amide bonds. The van der Waals surface area contributed by atoms with Crippen molar-refractivity contribution in [2.75, 3.05) is 13.1 Å². The van der Waals surface area contributed by atoms with Crippen molar-refractivity contribution < 1.29 is 4.39 Å². The van der Waals surface area contributed by atoms with Crippen LogP contribution in [0.15, 0.2) is 18.2 Å². The van der Waals surface area contributed by atoms with Gasteiger partial charge in [0.2, 0.25) is 0 Å². The molecule has 20 heavy (non-hydrogen) atoms. The van der Waals surface area contributed by atoms with Gasteiger partial charge in [-0.05, 0) is 50.5 Å². The van der Waals surface area contributed by atoms with Crippen molar-refractivity contribution in [3.63, 3.8) is 0 Å². The molecule has 1 fully saturated rings. The molecule has 1 heterocycles. The van der Waals surface area contributed by atoms with E-state index >= 15 is 0 Å². The molecule has 1 saturated heterocycles. The second kappa shape index (κ2) is 6.23. The zero-order valence-electron chi connectivity index (χ0n) is 13.2. The van der Waals surface area contributed by atoms with Crippen LogP contribution in [-0.2, 0) is 6.54 Å². The maximum atomic E-state index is 13.5. The summed E-state index contributed by atoms with van der Waals surface area (Å²) in [4.78, 5) is 2.52. The summed E-state index contributed by atoms with van der Waals surface area (Å²) in [6.45, 7) is 11.6. The van der Waals surface area contributed by atoms with Crippen LogP contribution in [0.3, 0.4) is 0 Å². The largest absolute Gasteiger partial charge is 0.309 e. The zero-order valence-corrected chi connectivity index (χ0v) is 13.2. The summed E-state index contributed by atoms with van der Waals surface area (Å²) in [6.07, 6.45) is 2.38. The zero-order chi connectivity index (χ0) is 14.8. The van der Waals surface area contributed by atoms with E-state index in [0.29, 0.717) is 6.04 Å². The van der Waals surface area contributed by atoms with Gasteiger partial charge in [-0.3, -0.25) is 4.90 Å². The fourth-order valence-electron chi connectivity index (χ4n) is 3.05. The van der Waals surface area contributed by atoms with Crippen LogP contribution in [0.1, 0.15) is 44.7 Å². The standard InChI is InChI=1S/C17H27FN2/c1-5-6-16-10-19-17(3,4)12-20(16)11-14-9-15(18)8-7-13(14)2/h7-9,16,19H,5-6,10-12H2,1-4H3. The lowest BCUT2D eigenvalue weighted by molar-refractivity contribution is 0.0824. The molecule has 0 aromatic heterocycles. The Morgan fingerprint density at radius 3 is 2.85 bits per heavy atom. The molecule has 1 aromatic carbocycles. The molecule has 1 unspecified atom stereocenters. The normalized spacial score (nSPS) is 22.9. The van der Waals surface area contributed by atoms with Gasteiger partial charge in [0.05, 0.1) is 0 Å². The first kappa shape index (κ1) is 15.5. The molecule has 0 spiro atoms. The van der Waals surface area contributed by atoms with Gasteiger partial charge in [-0.1, -0.05) is 19.4 Å². The number of piperazine rings is 1. The second-order valence-corrected chi connectivity index (χ2v) is 6.68. The minimum Gasteiger partial charge on any atom is -0.309 e. The van der Waals surface area contributed by atoms with E-state index in [4.69, 9.17) is 0 Å². The maximum absolute atomic E-state index is 13.5. The van der Waals surface area contributed by atoms with Crippen molar-refractivity contribution in [1.29, 1.82) is 0 Å². The third-order valence-electron chi connectivity index (χ3n) is 4.24. The number of nitrogens with zero attached hydrogens (tertiary/aromatic N) is 1. The Morgan fingerprint density at radius 2 is 2.15 bits per heavy atom. The lowest BCUT2D eigenvalue weighted by atomic mass is 9.95. The Labute approximate surface area is 122 Å². The Bertz CT molecular complexity index is 456. The molecule has 1 aromatic rings. The molecule has 2 nitrogen and oxygen atoms in total. The average molecular weight is 278 g/mol. The summed E-state index contributed by atoms with van der Waals surface area (Å²) in [5.74, 6) is -0.132. The minimum absolute atomic E-state index is 0.130. The topological polar surface area (TPSA) is 15.3 Å². The van der Waals surface area contributed by atoms with Gasteiger partial charge in [-0.15, -0.1) is 0 Å². The van der Waals surface area contributed by atoms with Crippen molar-refractivity contribution in [3.8, 4) is 0 Å².